The summed E-state index contributed by atoms with van der Waals surface area (Å²) < 4.78 is 5.18. The molecule has 20 heavy (non-hydrogen) atoms. The topological polar surface area (TPSA) is 21.6 Å². The minimum absolute atomic E-state index is 0. The second-order valence-corrected chi connectivity index (χ2v) is 4.64. The van der Waals surface area contributed by atoms with Crippen molar-refractivity contribution in [2.24, 2.45) is 4.99 Å². The SMILES string of the molecule is [CH2-]Oc1c(C)cccc1C=Nc1c(C)cccc1C.[W]. The van der Waals surface area contributed by atoms with Crippen molar-refractivity contribution < 1.29 is 25.8 Å². The van der Waals surface area contributed by atoms with Gasteiger partial charge < -0.3 is 4.74 Å². The summed E-state index contributed by atoms with van der Waals surface area (Å²) >= 11 is 0. The summed E-state index contributed by atoms with van der Waals surface area (Å²) in [4.78, 5) is 4.59. The third-order valence-electron chi connectivity index (χ3n) is 3.16. The molecule has 0 bridgehead atoms. The minimum Gasteiger partial charge on any atom is -0.665 e. The zero-order chi connectivity index (χ0) is 13.8. The number of hydrogen-bond donors (Lipinski definition) is 0. The van der Waals surface area contributed by atoms with Crippen LogP contribution in [0, 0.1) is 27.9 Å². The smallest absolute Gasteiger partial charge is 0.0963 e. The molecule has 0 aliphatic rings. The van der Waals surface area contributed by atoms with Gasteiger partial charge in [-0.2, -0.15) is 7.11 Å². The van der Waals surface area contributed by atoms with Crippen LogP contribution in [0.15, 0.2) is 41.4 Å². The third-order valence-corrected chi connectivity index (χ3v) is 3.16. The van der Waals surface area contributed by atoms with Crippen molar-refractivity contribution >= 4 is 11.9 Å². The van der Waals surface area contributed by atoms with Crippen LogP contribution in [-0.4, -0.2) is 6.21 Å². The van der Waals surface area contributed by atoms with Crippen molar-refractivity contribution in [3.05, 3.63) is 65.8 Å². The Bertz CT molecular complexity index is 600. The number of aliphatic imine (C=N–C) groups is 1. The Labute approximate surface area is 135 Å². The Morgan fingerprint density at radius 3 is 2.10 bits per heavy atom. The van der Waals surface area contributed by atoms with Crippen molar-refractivity contribution in [2.45, 2.75) is 20.8 Å². The Hall–Kier alpha value is -1.40. The molecule has 0 saturated heterocycles. The number of ether oxygens (including phenoxy) is 1. The Kier molecular flexibility index (Phi) is 6.16. The Balaban J connectivity index is 0.00000200. The summed E-state index contributed by atoms with van der Waals surface area (Å²) in [6, 6.07) is 12.1. The second kappa shape index (κ2) is 7.40. The molecule has 0 saturated carbocycles. The second-order valence-electron chi connectivity index (χ2n) is 4.64. The molecule has 0 fully saturated rings. The number of aryl methyl sites for hydroxylation is 3. The van der Waals surface area contributed by atoms with Crippen molar-refractivity contribution in [3.63, 3.8) is 0 Å². The molecule has 104 valence electrons. The van der Waals surface area contributed by atoms with Crippen LogP contribution in [0.5, 0.6) is 5.75 Å². The Morgan fingerprint density at radius 2 is 1.50 bits per heavy atom. The molecule has 0 aliphatic heterocycles. The first-order valence-electron chi connectivity index (χ1n) is 6.25. The number of hydrogen-bond acceptors (Lipinski definition) is 2. The largest absolute Gasteiger partial charge is 0.665 e. The molecule has 0 radical (unpaired) electrons. The van der Waals surface area contributed by atoms with Crippen LogP contribution in [0.1, 0.15) is 22.3 Å². The number of para-hydroxylation sites is 2. The van der Waals surface area contributed by atoms with E-state index in [1.165, 1.54) is 11.1 Å². The molecule has 0 aliphatic carbocycles. The first-order valence-corrected chi connectivity index (χ1v) is 6.25. The van der Waals surface area contributed by atoms with Gasteiger partial charge in [-0.25, -0.2) is 0 Å². The molecule has 0 spiro atoms. The Morgan fingerprint density at radius 1 is 0.950 bits per heavy atom. The van der Waals surface area contributed by atoms with Gasteiger partial charge in [-0.15, -0.1) is 0 Å². The quantitative estimate of drug-likeness (QED) is 0.512. The molecule has 0 aromatic heterocycles. The van der Waals surface area contributed by atoms with E-state index >= 15 is 0 Å². The molecule has 0 heterocycles. The maximum atomic E-state index is 5.18. The van der Waals surface area contributed by atoms with E-state index in [9.17, 15) is 0 Å². The van der Waals surface area contributed by atoms with Crippen LogP contribution >= 0.6 is 0 Å². The summed E-state index contributed by atoms with van der Waals surface area (Å²) in [7, 11) is 3.51. The van der Waals surface area contributed by atoms with Crippen LogP contribution in [0.2, 0.25) is 0 Å². The zero-order valence-electron chi connectivity index (χ0n) is 12.0. The number of benzene rings is 2. The predicted molar refractivity (Wildman–Crippen MR) is 80.3 cm³/mol. The monoisotopic (exact) mass is 436 g/mol. The van der Waals surface area contributed by atoms with Crippen molar-refractivity contribution in [1.82, 2.24) is 0 Å². The van der Waals surface area contributed by atoms with Gasteiger partial charge in [0.25, 0.3) is 0 Å². The fraction of sp³-hybridized carbons (Fsp3) is 0.176. The van der Waals surface area contributed by atoms with Gasteiger partial charge in [0.1, 0.15) is 0 Å². The standard InChI is InChI=1S/C17H18NO.W/c1-12-7-5-8-13(2)16(12)18-11-15-10-6-9-14(3)17(15)19-4;/h5-11H,4H2,1-3H3;/q-1;. The van der Waals surface area contributed by atoms with E-state index in [1.807, 2.05) is 37.4 Å². The molecule has 2 aromatic carbocycles. The van der Waals surface area contributed by atoms with E-state index in [0.717, 1.165) is 22.6 Å². The molecule has 0 unspecified atom stereocenters. The van der Waals surface area contributed by atoms with Crippen molar-refractivity contribution in [3.8, 4) is 5.75 Å². The average Bonchev–Trinajstić information content (AvgIpc) is 2.38. The summed E-state index contributed by atoms with van der Waals surface area (Å²) in [6.07, 6.45) is 1.84. The summed E-state index contributed by atoms with van der Waals surface area (Å²) in [5.74, 6) is 0.775. The molecule has 2 aromatic rings. The zero-order valence-corrected chi connectivity index (χ0v) is 14.9. The van der Waals surface area contributed by atoms with Gasteiger partial charge in [0.2, 0.25) is 0 Å². The van der Waals surface area contributed by atoms with Gasteiger partial charge in [0.05, 0.1) is 11.4 Å². The normalized spacial score (nSPS) is 10.4. The number of rotatable bonds is 3. The molecule has 2 rings (SSSR count). The minimum atomic E-state index is 0. The van der Waals surface area contributed by atoms with Crippen molar-refractivity contribution in [1.29, 1.82) is 0 Å². The van der Waals surface area contributed by atoms with Gasteiger partial charge in [-0.1, -0.05) is 30.3 Å². The fourth-order valence-corrected chi connectivity index (χ4v) is 2.12. The van der Waals surface area contributed by atoms with Crippen LogP contribution in [0.25, 0.3) is 0 Å². The third kappa shape index (κ3) is 3.58. The van der Waals surface area contributed by atoms with E-state index in [0.29, 0.717) is 0 Å². The number of nitrogens with zero attached hydrogens (tertiary/aromatic N) is 1. The summed E-state index contributed by atoms with van der Waals surface area (Å²) in [6.45, 7) is 6.13. The van der Waals surface area contributed by atoms with E-state index in [2.05, 4.69) is 38.1 Å². The van der Waals surface area contributed by atoms with Gasteiger partial charge in [-0.05, 0) is 43.5 Å². The van der Waals surface area contributed by atoms with E-state index in [4.69, 9.17) is 4.74 Å². The van der Waals surface area contributed by atoms with Crippen molar-refractivity contribution in [2.75, 3.05) is 0 Å². The molecule has 0 amide bonds. The first kappa shape index (κ1) is 16.7. The van der Waals surface area contributed by atoms with Gasteiger partial charge in [0, 0.05) is 32.8 Å². The van der Waals surface area contributed by atoms with Crippen LogP contribution in [0.3, 0.4) is 0 Å². The van der Waals surface area contributed by atoms with Gasteiger partial charge in [-0.3, -0.25) is 4.99 Å². The maximum Gasteiger partial charge on any atom is 0.0963 e. The van der Waals surface area contributed by atoms with Gasteiger partial charge >= 0.3 is 0 Å². The predicted octanol–water partition coefficient (Wildman–Crippen LogP) is 4.53. The summed E-state index contributed by atoms with van der Waals surface area (Å²) in [5, 5.41) is 0. The molecular weight excluding hydrogens is 418 g/mol. The fourth-order valence-electron chi connectivity index (χ4n) is 2.12. The average molecular weight is 436 g/mol. The van der Waals surface area contributed by atoms with Crippen LogP contribution in [0.4, 0.5) is 5.69 Å². The molecular formula is C17H18NOW-. The first-order chi connectivity index (χ1) is 9.13. The van der Waals surface area contributed by atoms with Crippen LogP contribution in [-0.2, 0) is 21.1 Å². The van der Waals surface area contributed by atoms with Gasteiger partial charge in [0.15, 0.2) is 0 Å². The molecule has 0 N–H and O–H groups in total. The molecule has 2 nitrogen and oxygen atoms in total. The van der Waals surface area contributed by atoms with Crippen LogP contribution < -0.4 is 4.74 Å². The van der Waals surface area contributed by atoms with E-state index in [1.54, 1.807) is 0 Å². The molecule has 3 heteroatoms. The summed E-state index contributed by atoms with van der Waals surface area (Å²) in [5.41, 5.74) is 5.35. The van der Waals surface area contributed by atoms with E-state index in [-0.39, 0.29) is 21.1 Å². The molecule has 0 atom stereocenters. The van der Waals surface area contributed by atoms with E-state index < -0.39 is 0 Å². The maximum absolute atomic E-state index is 5.18.